The molecule has 1 saturated heterocycles. The minimum Gasteiger partial charge on any atom is -0.299 e. The molecule has 25 heavy (non-hydrogen) atoms. The van der Waals surface area contributed by atoms with Crippen molar-refractivity contribution in [1.29, 1.82) is 5.26 Å². The van der Waals surface area contributed by atoms with Crippen LogP contribution >= 0.6 is 11.3 Å². The second kappa shape index (κ2) is 6.87. The molecular formula is C20H24N4S. The number of hydrogen-bond acceptors (Lipinski definition) is 5. The topological polar surface area (TPSA) is 43.2 Å². The highest BCUT2D eigenvalue weighted by Crippen LogP contribution is 2.56. The first-order chi connectivity index (χ1) is 12.2. The van der Waals surface area contributed by atoms with Gasteiger partial charge in [-0.1, -0.05) is 12.1 Å². The zero-order chi connectivity index (χ0) is 17.3. The van der Waals surface area contributed by atoms with E-state index in [1.54, 1.807) is 11.3 Å². The lowest BCUT2D eigenvalue weighted by molar-refractivity contribution is 0.139. The number of nitrogens with zero attached hydrogens (tertiary/aromatic N) is 4. The van der Waals surface area contributed by atoms with Crippen LogP contribution in [0.15, 0.2) is 35.8 Å². The van der Waals surface area contributed by atoms with Gasteiger partial charge in [-0.2, -0.15) is 5.26 Å². The molecule has 4 rings (SSSR count). The van der Waals surface area contributed by atoms with Gasteiger partial charge < -0.3 is 0 Å². The molecule has 0 N–H and O–H groups in total. The van der Waals surface area contributed by atoms with Crippen molar-refractivity contribution in [2.24, 2.45) is 5.41 Å². The molecule has 1 atom stereocenters. The summed E-state index contributed by atoms with van der Waals surface area (Å²) in [4.78, 5) is 9.46. The summed E-state index contributed by atoms with van der Waals surface area (Å²) >= 11 is 1.75. The highest BCUT2D eigenvalue weighted by atomic mass is 32.1. The van der Waals surface area contributed by atoms with Crippen molar-refractivity contribution in [2.45, 2.75) is 38.4 Å². The van der Waals surface area contributed by atoms with Crippen LogP contribution in [-0.2, 0) is 13.1 Å². The summed E-state index contributed by atoms with van der Waals surface area (Å²) in [6, 6.07) is 11.0. The normalized spacial score (nSPS) is 22.2. The number of benzene rings is 1. The third-order valence-corrected chi connectivity index (χ3v) is 6.63. The van der Waals surface area contributed by atoms with Gasteiger partial charge in [-0.25, -0.2) is 4.98 Å². The minimum atomic E-state index is 0.539. The van der Waals surface area contributed by atoms with Crippen molar-refractivity contribution in [3.05, 3.63) is 52.0 Å². The Morgan fingerprint density at radius 3 is 2.96 bits per heavy atom. The maximum Gasteiger partial charge on any atom is 0.107 e. The Morgan fingerprint density at radius 1 is 1.40 bits per heavy atom. The van der Waals surface area contributed by atoms with Crippen LogP contribution in [0.2, 0.25) is 0 Å². The highest BCUT2D eigenvalue weighted by Gasteiger charge is 2.56. The average molecular weight is 353 g/mol. The fourth-order valence-electron chi connectivity index (χ4n) is 4.30. The van der Waals surface area contributed by atoms with Crippen LogP contribution in [0.1, 0.15) is 35.4 Å². The number of hydrogen-bond donors (Lipinski definition) is 0. The van der Waals surface area contributed by atoms with E-state index in [-0.39, 0.29) is 0 Å². The molecule has 2 aromatic rings. The van der Waals surface area contributed by atoms with E-state index in [0.29, 0.717) is 5.41 Å². The Morgan fingerprint density at radius 2 is 2.24 bits per heavy atom. The molecule has 2 aliphatic rings. The summed E-state index contributed by atoms with van der Waals surface area (Å²) in [6.07, 6.45) is 5.82. The molecule has 1 aromatic carbocycles. The predicted molar refractivity (Wildman–Crippen MR) is 100 cm³/mol. The molecule has 0 radical (unpaired) electrons. The molecule has 2 fully saturated rings. The molecular weight excluding hydrogens is 328 g/mol. The number of piperidine rings is 1. The molecule has 0 bridgehead atoms. The quantitative estimate of drug-likeness (QED) is 0.826. The number of aromatic nitrogens is 1. The van der Waals surface area contributed by atoms with E-state index in [4.69, 9.17) is 5.26 Å². The van der Waals surface area contributed by atoms with E-state index >= 15 is 0 Å². The van der Waals surface area contributed by atoms with Gasteiger partial charge in [0.25, 0.3) is 0 Å². The van der Waals surface area contributed by atoms with Crippen molar-refractivity contribution in [3.63, 3.8) is 0 Å². The summed E-state index contributed by atoms with van der Waals surface area (Å²) in [5, 5.41) is 12.3. The van der Waals surface area contributed by atoms with Crippen molar-refractivity contribution < 1.29 is 0 Å². The van der Waals surface area contributed by atoms with Crippen molar-refractivity contribution in [1.82, 2.24) is 14.8 Å². The van der Waals surface area contributed by atoms with Gasteiger partial charge in [0.05, 0.1) is 18.2 Å². The first-order valence-electron chi connectivity index (χ1n) is 8.98. The second-order valence-electron chi connectivity index (χ2n) is 7.51. The number of nitriles is 1. The average Bonchev–Trinajstić information content (AvgIpc) is 3.08. The summed E-state index contributed by atoms with van der Waals surface area (Å²) in [7, 11) is 2.25. The maximum absolute atomic E-state index is 9.05. The van der Waals surface area contributed by atoms with Crippen molar-refractivity contribution >= 4 is 11.3 Å². The van der Waals surface area contributed by atoms with Crippen LogP contribution in [0.3, 0.4) is 0 Å². The molecule has 1 unspecified atom stereocenters. The lowest BCUT2D eigenvalue weighted by atomic mass is 9.92. The van der Waals surface area contributed by atoms with Gasteiger partial charge in [-0.05, 0) is 62.5 Å². The van der Waals surface area contributed by atoms with E-state index in [1.807, 2.05) is 24.4 Å². The Hall–Kier alpha value is -1.74. The summed E-state index contributed by atoms with van der Waals surface area (Å²) in [5.74, 6) is 0. The van der Waals surface area contributed by atoms with E-state index in [9.17, 15) is 0 Å². The lowest BCUT2D eigenvalue weighted by Crippen LogP contribution is -2.37. The summed E-state index contributed by atoms with van der Waals surface area (Å²) in [6.45, 7) is 4.27. The van der Waals surface area contributed by atoms with Crippen molar-refractivity contribution in [3.8, 4) is 6.07 Å². The Kier molecular flexibility index (Phi) is 4.60. The molecule has 1 aromatic heterocycles. The van der Waals surface area contributed by atoms with Gasteiger partial charge in [0.15, 0.2) is 0 Å². The zero-order valence-corrected chi connectivity index (χ0v) is 15.5. The van der Waals surface area contributed by atoms with E-state index in [1.165, 1.54) is 42.9 Å². The van der Waals surface area contributed by atoms with E-state index in [2.05, 4.69) is 39.3 Å². The first kappa shape index (κ1) is 16.7. The van der Waals surface area contributed by atoms with Crippen LogP contribution in [-0.4, -0.2) is 41.0 Å². The third-order valence-electron chi connectivity index (χ3n) is 5.86. The molecule has 2 heterocycles. The maximum atomic E-state index is 9.05. The second-order valence-corrected chi connectivity index (χ2v) is 8.49. The Balaban J connectivity index is 1.29. The molecule has 130 valence electrons. The predicted octanol–water partition coefficient (Wildman–Crippen LogP) is 3.50. The molecule has 1 spiro atoms. The minimum absolute atomic E-state index is 0.539. The molecule has 5 heteroatoms. The Bertz CT molecular complexity index is 756. The van der Waals surface area contributed by atoms with Gasteiger partial charge in [-0.15, -0.1) is 11.3 Å². The van der Waals surface area contributed by atoms with Crippen molar-refractivity contribution in [2.75, 3.05) is 20.1 Å². The van der Waals surface area contributed by atoms with Gasteiger partial charge in [0.2, 0.25) is 0 Å². The summed E-state index contributed by atoms with van der Waals surface area (Å²) < 4.78 is 0. The zero-order valence-electron chi connectivity index (χ0n) is 14.7. The van der Waals surface area contributed by atoms with Crippen LogP contribution in [0.5, 0.6) is 0 Å². The highest BCUT2D eigenvalue weighted by molar-refractivity contribution is 7.09. The van der Waals surface area contributed by atoms with Gasteiger partial charge >= 0.3 is 0 Å². The summed E-state index contributed by atoms with van der Waals surface area (Å²) in [5.41, 5.74) is 2.55. The van der Waals surface area contributed by atoms with Crippen LogP contribution in [0.4, 0.5) is 0 Å². The third kappa shape index (κ3) is 3.62. The molecule has 1 aliphatic carbocycles. The van der Waals surface area contributed by atoms with Gasteiger partial charge in [-0.3, -0.25) is 9.80 Å². The fraction of sp³-hybridized carbons (Fsp3) is 0.500. The SMILES string of the molecule is CN(Cc1nccs1)C1CC12CCN(Cc1cccc(C#N)c1)CC2. The first-order valence-corrected chi connectivity index (χ1v) is 9.86. The molecule has 1 aliphatic heterocycles. The number of thiazole rings is 1. The monoisotopic (exact) mass is 352 g/mol. The van der Waals surface area contributed by atoms with Crippen LogP contribution < -0.4 is 0 Å². The lowest BCUT2D eigenvalue weighted by Gasteiger charge is -2.34. The van der Waals surface area contributed by atoms with Gasteiger partial charge in [0, 0.05) is 24.2 Å². The standard InChI is InChI=1S/C20H24N4S/c1-23(15-19-22-7-10-25-19)18-12-20(18)5-8-24(9-6-20)14-17-4-2-3-16(11-17)13-21/h2-4,7,10-11,18H,5-6,8-9,12,14-15H2,1H3. The molecule has 0 amide bonds. The number of likely N-dealkylation sites (tertiary alicyclic amines) is 1. The van der Waals surface area contributed by atoms with Gasteiger partial charge in [0.1, 0.15) is 5.01 Å². The van der Waals surface area contributed by atoms with E-state index < -0.39 is 0 Å². The molecule has 1 saturated carbocycles. The van der Waals surface area contributed by atoms with Crippen LogP contribution in [0.25, 0.3) is 0 Å². The number of rotatable bonds is 5. The fourth-order valence-corrected chi connectivity index (χ4v) is 4.97. The van der Waals surface area contributed by atoms with E-state index in [0.717, 1.165) is 24.7 Å². The molecule has 4 nitrogen and oxygen atoms in total. The van der Waals surface area contributed by atoms with Crippen LogP contribution in [0, 0.1) is 16.7 Å². The smallest absolute Gasteiger partial charge is 0.107 e. The largest absolute Gasteiger partial charge is 0.299 e. The Labute approximate surface area is 153 Å².